The molecule has 0 unspecified atom stereocenters. The van der Waals surface area contributed by atoms with Crippen LogP contribution in [0.25, 0.3) is 11.4 Å². The summed E-state index contributed by atoms with van der Waals surface area (Å²) < 4.78 is 4.08. The van der Waals surface area contributed by atoms with E-state index in [1.54, 1.807) is 6.33 Å². The molecule has 0 amide bonds. The number of nitrogen functional groups attached to an aromatic ring is 1. The minimum Gasteiger partial charge on any atom is -0.383 e. The Balaban J connectivity index is 2.46. The summed E-state index contributed by atoms with van der Waals surface area (Å²) in [6.07, 6.45) is 6.51. The van der Waals surface area contributed by atoms with E-state index in [0.29, 0.717) is 5.82 Å². The molecule has 2 aromatic rings. The van der Waals surface area contributed by atoms with Crippen LogP contribution in [-0.4, -0.2) is 19.1 Å². The third-order valence-corrected chi connectivity index (χ3v) is 2.95. The summed E-state index contributed by atoms with van der Waals surface area (Å²) >= 11 is 0. The molecule has 0 saturated heterocycles. The molecule has 0 aliphatic heterocycles. The van der Waals surface area contributed by atoms with Gasteiger partial charge in [0.2, 0.25) is 0 Å². The van der Waals surface area contributed by atoms with Crippen molar-refractivity contribution in [2.24, 2.45) is 0 Å². The van der Waals surface area contributed by atoms with Crippen LogP contribution in [0.2, 0.25) is 0 Å². The second kappa shape index (κ2) is 4.48. The predicted molar refractivity (Wildman–Crippen MR) is 73.1 cm³/mol. The summed E-state index contributed by atoms with van der Waals surface area (Å²) in [5, 5.41) is 0. The standard InChI is InChI=1S/C13H21N5/c1-5-6-17-8-15-7-10(17)11-12(14)18(9-16-11)13(2,3)4/h7-9H,5-6,14H2,1-4H3. The lowest BCUT2D eigenvalue weighted by Crippen LogP contribution is -2.22. The maximum absolute atomic E-state index is 6.21. The van der Waals surface area contributed by atoms with E-state index < -0.39 is 0 Å². The van der Waals surface area contributed by atoms with E-state index in [9.17, 15) is 0 Å². The molecule has 2 heterocycles. The number of imidazole rings is 2. The SMILES string of the molecule is CCCn1cncc1-c1ncn(C(C)(C)C)c1N. The van der Waals surface area contributed by atoms with E-state index >= 15 is 0 Å². The van der Waals surface area contributed by atoms with Gasteiger partial charge in [0, 0.05) is 12.1 Å². The molecule has 0 aliphatic carbocycles. The highest BCUT2D eigenvalue weighted by atomic mass is 15.2. The first-order valence-electron chi connectivity index (χ1n) is 6.29. The molecule has 5 nitrogen and oxygen atoms in total. The van der Waals surface area contributed by atoms with Gasteiger partial charge in [-0.1, -0.05) is 6.92 Å². The number of rotatable bonds is 3. The fraction of sp³-hybridized carbons (Fsp3) is 0.538. The van der Waals surface area contributed by atoms with Gasteiger partial charge in [0.05, 0.1) is 24.5 Å². The summed E-state index contributed by atoms with van der Waals surface area (Å²) in [6.45, 7) is 9.40. The normalized spacial score (nSPS) is 12.0. The molecule has 5 heteroatoms. The fourth-order valence-electron chi connectivity index (χ4n) is 2.03. The van der Waals surface area contributed by atoms with Gasteiger partial charge in [-0.25, -0.2) is 9.97 Å². The Bertz CT molecular complexity index is 530. The van der Waals surface area contributed by atoms with Crippen molar-refractivity contribution in [3.8, 4) is 11.4 Å². The largest absolute Gasteiger partial charge is 0.383 e. The molecular weight excluding hydrogens is 226 g/mol. The van der Waals surface area contributed by atoms with E-state index in [1.807, 2.05) is 17.1 Å². The van der Waals surface area contributed by atoms with Gasteiger partial charge in [-0.2, -0.15) is 0 Å². The lowest BCUT2D eigenvalue weighted by molar-refractivity contribution is 0.402. The Morgan fingerprint density at radius 3 is 2.56 bits per heavy atom. The topological polar surface area (TPSA) is 61.7 Å². The molecule has 0 spiro atoms. The zero-order valence-electron chi connectivity index (χ0n) is 11.5. The van der Waals surface area contributed by atoms with Crippen molar-refractivity contribution in [1.29, 1.82) is 0 Å². The van der Waals surface area contributed by atoms with Crippen molar-refractivity contribution in [1.82, 2.24) is 19.1 Å². The molecule has 0 aromatic carbocycles. The lowest BCUT2D eigenvalue weighted by atomic mass is 10.1. The Labute approximate surface area is 108 Å². The van der Waals surface area contributed by atoms with Crippen LogP contribution < -0.4 is 5.73 Å². The molecule has 0 saturated carbocycles. The number of hydrogen-bond donors (Lipinski definition) is 1. The highest BCUT2D eigenvalue weighted by Crippen LogP contribution is 2.28. The van der Waals surface area contributed by atoms with Gasteiger partial charge in [-0.05, 0) is 27.2 Å². The number of aryl methyl sites for hydroxylation is 1. The minimum absolute atomic E-state index is 0.0645. The average molecular weight is 247 g/mol. The number of nitrogens with two attached hydrogens (primary N) is 1. The zero-order valence-corrected chi connectivity index (χ0v) is 11.5. The highest BCUT2D eigenvalue weighted by molar-refractivity contribution is 5.67. The van der Waals surface area contributed by atoms with Crippen molar-refractivity contribution in [3.63, 3.8) is 0 Å². The molecular formula is C13H21N5. The molecule has 0 atom stereocenters. The predicted octanol–water partition coefficient (Wildman–Crippen LogP) is 2.49. The first-order valence-corrected chi connectivity index (χ1v) is 6.29. The van der Waals surface area contributed by atoms with Gasteiger partial charge >= 0.3 is 0 Å². The third kappa shape index (κ3) is 2.12. The van der Waals surface area contributed by atoms with E-state index in [2.05, 4.69) is 42.2 Å². The Morgan fingerprint density at radius 2 is 2.00 bits per heavy atom. The summed E-state index contributed by atoms with van der Waals surface area (Å²) in [6, 6.07) is 0. The number of nitrogens with zero attached hydrogens (tertiary/aromatic N) is 4. The van der Waals surface area contributed by atoms with Crippen molar-refractivity contribution >= 4 is 5.82 Å². The molecule has 0 bridgehead atoms. The van der Waals surface area contributed by atoms with Crippen molar-refractivity contribution in [3.05, 3.63) is 18.9 Å². The van der Waals surface area contributed by atoms with Crippen LogP contribution in [0.1, 0.15) is 34.1 Å². The van der Waals surface area contributed by atoms with Gasteiger partial charge in [-0.3, -0.25) is 0 Å². The van der Waals surface area contributed by atoms with Crippen LogP contribution in [0.4, 0.5) is 5.82 Å². The lowest BCUT2D eigenvalue weighted by Gasteiger charge is -2.22. The first kappa shape index (κ1) is 12.7. The smallest absolute Gasteiger partial charge is 0.133 e. The molecule has 0 fully saturated rings. The maximum Gasteiger partial charge on any atom is 0.133 e. The van der Waals surface area contributed by atoms with Crippen molar-refractivity contribution in [2.45, 2.75) is 46.2 Å². The summed E-state index contributed by atoms with van der Waals surface area (Å²) in [4.78, 5) is 8.63. The van der Waals surface area contributed by atoms with Gasteiger partial charge in [-0.15, -0.1) is 0 Å². The van der Waals surface area contributed by atoms with Gasteiger partial charge in [0.25, 0.3) is 0 Å². The van der Waals surface area contributed by atoms with Crippen molar-refractivity contribution in [2.75, 3.05) is 5.73 Å². The highest BCUT2D eigenvalue weighted by Gasteiger charge is 2.20. The maximum atomic E-state index is 6.21. The number of anilines is 1. The molecule has 2 aromatic heterocycles. The fourth-order valence-corrected chi connectivity index (χ4v) is 2.03. The molecule has 18 heavy (non-hydrogen) atoms. The Hall–Kier alpha value is -1.78. The average Bonchev–Trinajstić information content (AvgIpc) is 2.84. The van der Waals surface area contributed by atoms with Crippen LogP contribution >= 0.6 is 0 Å². The number of hydrogen-bond acceptors (Lipinski definition) is 3. The second-order valence-corrected chi connectivity index (χ2v) is 5.49. The summed E-state index contributed by atoms with van der Waals surface area (Å²) in [7, 11) is 0. The Morgan fingerprint density at radius 1 is 1.28 bits per heavy atom. The quantitative estimate of drug-likeness (QED) is 0.906. The van der Waals surface area contributed by atoms with Crippen LogP contribution in [0.3, 0.4) is 0 Å². The monoisotopic (exact) mass is 247 g/mol. The molecule has 2 rings (SSSR count). The van der Waals surface area contributed by atoms with Crippen LogP contribution in [0, 0.1) is 0 Å². The number of aromatic nitrogens is 4. The summed E-state index contributed by atoms with van der Waals surface area (Å²) in [5.41, 5.74) is 7.94. The van der Waals surface area contributed by atoms with E-state index in [4.69, 9.17) is 5.73 Å². The van der Waals surface area contributed by atoms with Crippen LogP contribution in [0.5, 0.6) is 0 Å². The van der Waals surface area contributed by atoms with Crippen LogP contribution in [0.15, 0.2) is 18.9 Å². The molecule has 2 N–H and O–H groups in total. The molecule has 98 valence electrons. The van der Waals surface area contributed by atoms with Crippen molar-refractivity contribution < 1.29 is 0 Å². The van der Waals surface area contributed by atoms with E-state index in [0.717, 1.165) is 24.4 Å². The van der Waals surface area contributed by atoms with Gasteiger partial charge < -0.3 is 14.9 Å². The zero-order chi connectivity index (χ0) is 13.3. The Kier molecular flexibility index (Phi) is 3.15. The van der Waals surface area contributed by atoms with Gasteiger partial charge in [0.1, 0.15) is 11.5 Å². The summed E-state index contributed by atoms with van der Waals surface area (Å²) in [5.74, 6) is 0.695. The molecule has 0 aliphatic rings. The van der Waals surface area contributed by atoms with E-state index in [1.165, 1.54) is 0 Å². The molecule has 0 radical (unpaired) electrons. The second-order valence-electron chi connectivity index (χ2n) is 5.49. The minimum atomic E-state index is -0.0645. The first-order chi connectivity index (χ1) is 8.45. The van der Waals surface area contributed by atoms with Gasteiger partial charge in [0.15, 0.2) is 0 Å². The van der Waals surface area contributed by atoms with Crippen LogP contribution in [-0.2, 0) is 12.1 Å². The third-order valence-electron chi connectivity index (χ3n) is 2.95. The van der Waals surface area contributed by atoms with E-state index in [-0.39, 0.29) is 5.54 Å².